The molecule has 0 bridgehead atoms. The van der Waals surface area contributed by atoms with Crippen LogP contribution in [0.15, 0.2) is 60.7 Å². The Kier molecular flexibility index (Phi) is 4.66. The Morgan fingerprint density at radius 3 is 2.58 bits per heavy atom. The van der Waals surface area contributed by atoms with Gasteiger partial charge >= 0.3 is 0 Å². The summed E-state index contributed by atoms with van der Waals surface area (Å²) in [6.07, 6.45) is 0. The smallest absolute Gasteiger partial charge is 0.255 e. The average molecular weight is 321 g/mol. The molecule has 0 saturated carbocycles. The Bertz CT molecular complexity index is 868. The summed E-state index contributed by atoms with van der Waals surface area (Å²) in [6.45, 7) is 2.40. The van der Waals surface area contributed by atoms with Crippen molar-refractivity contribution in [2.24, 2.45) is 0 Å². The first-order valence-electron chi connectivity index (χ1n) is 7.83. The largest absolute Gasteiger partial charge is 0.493 e. The maximum atomic E-state index is 12.6. The van der Waals surface area contributed by atoms with Crippen molar-refractivity contribution in [3.63, 3.8) is 0 Å². The Morgan fingerprint density at radius 1 is 1.00 bits per heavy atom. The summed E-state index contributed by atoms with van der Waals surface area (Å²) in [5, 5.41) is 5.06. The summed E-state index contributed by atoms with van der Waals surface area (Å²) >= 11 is 0. The molecule has 0 aliphatic carbocycles. The number of anilines is 1. The predicted octanol–water partition coefficient (Wildman–Crippen LogP) is 4.50. The number of hydrogen-bond acceptors (Lipinski definition) is 3. The molecule has 0 aliphatic heterocycles. The van der Waals surface area contributed by atoms with Crippen LogP contribution in [0.2, 0.25) is 0 Å². The van der Waals surface area contributed by atoms with Gasteiger partial charge in [0.05, 0.1) is 13.7 Å². The molecule has 0 fully saturated rings. The molecule has 3 aromatic carbocycles. The lowest BCUT2D eigenvalue weighted by Gasteiger charge is -2.12. The van der Waals surface area contributed by atoms with Crippen LogP contribution in [0.1, 0.15) is 17.3 Å². The molecule has 4 heteroatoms. The number of amides is 1. The predicted molar refractivity (Wildman–Crippen MR) is 96.1 cm³/mol. The third-order valence-corrected chi connectivity index (χ3v) is 3.76. The van der Waals surface area contributed by atoms with Gasteiger partial charge in [-0.3, -0.25) is 4.79 Å². The van der Waals surface area contributed by atoms with E-state index in [4.69, 9.17) is 9.47 Å². The summed E-state index contributed by atoms with van der Waals surface area (Å²) in [6, 6.07) is 18.9. The van der Waals surface area contributed by atoms with Gasteiger partial charge in [0, 0.05) is 16.6 Å². The average Bonchev–Trinajstić information content (AvgIpc) is 2.62. The van der Waals surface area contributed by atoms with Crippen LogP contribution in [0.25, 0.3) is 10.8 Å². The fourth-order valence-corrected chi connectivity index (χ4v) is 2.62. The summed E-state index contributed by atoms with van der Waals surface area (Å²) in [5.74, 6) is 0.985. The van der Waals surface area contributed by atoms with Gasteiger partial charge in [-0.25, -0.2) is 0 Å². The van der Waals surface area contributed by atoms with Crippen molar-refractivity contribution in [3.8, 4) is 11.5 Å². The lowest BCUT2D eigenvalue weighted by Crippen LogP contribution is -2.12. The van der Waals surface area contributed by atoms with Crippen LogP contribution in [0.5, 0.6) is 11.5 Å². The Hall–Kier alpha value is -3.01. The maximum absolute atomic E-state index is 12.6. The van der Waals surface area contributed by atoms with Crippen molar-refractivity contribution in [2.45, 2.75) is 6.92 Å². The number of carbonyl (C=O) groups excluding carboxylic acids is 1. The molecule has 0 aliphatic rings. The Balaban J connectivity index is 1.90. The zero-order valence-electron chi connectivity index (χ0n) is 13.7. The van der Waals surface area contributed by atoms with Crippen LogP contribution in [0.3, 0.4) is 0 Å². The zero-order valence-corrected chi connectivity index (χ0v) is 13.7. The number of fused-ring (bicyclic) bond motifs is 1. The molecule has 0 heterocycles. The molecule has 0 saturated heterocycles. The SMILES string of the molecule is CCOc1cc(C(=O)Nc2cccc3ccccc23)ccc1OC. The van der Waals surface area contributed by atoms with E-state index in [0.29, 0.717) is 23.7 Å². The summed E-state index contributed by atoms with van der Waals surface area (Å²) < 4.78 is 10.8. The van der Waals surface area contributed by atoms with Gasteiger partial charge in [0.15, 0.2) is 11.5 Å². The topological polar surface area (TPSA) is 47.6 Å². The highest BCUT2D eigenvalue weighted by Gasteiger charge is 2.12. The first kappa shape index (κ1) is 15.9. The van der Waals surface area contributed by atoms with Crippen LogP contribution in [0, 0.1) is 0 Å². The fraction of sp³-hybridized carbons (Fsp3) is 0.150. The van der Waals surface area contributed by atoms with Gasteiger partial charge in [-0.15, -0.1) is 0 Å². The highest BCUT2D eigenvalue weighted by Crippen LogP contribution is 2.29. The van der Waals surface area contributed by atoms with Crippen molar-refractivity contribution in [1.82, 2.24) is 0 Å². The number of hydrogen-bond donors (Lipinski definition) is 1. The van der Waals surface area contributed by atoms with E-state index in [1.807, 2.05) is 49.4 Å². The van der Waals surface area contributed by atoms with Crippen molar-refractivity contribution >= 4 is 22.4 Å². The molecular formula is C20H19NO3. The van der Waals surface area contributed by atoms with Gasteiger partial charge in [0.1, 0.15) is 0 Å². The molecule has 4 nitrogen and oxygen atoms in total. The van der Waals surface area contributed by atoms with E-state index in [1.54, 1.807) is 25.3 Å². The highest BCUT2D eigenvalue weighted by molar-refractivity contribution is 6.09. The minimum Gasteiger partial charge on any atom is -0.493 e. The molecule has 1 amide bonds. The van der Waals surface area contributed by atoms with Crippen molar-refractivity contribution in [2.75, 3.05) is 19.0 Å². The third-order valence-electron chi connectivity index (χ3n) is 3.76. The molecule has 0 aromatic heterocycles. The van der Waals surface area contributed by atoms with E-state index in [1.165, 1.54) is 0 Å². The van der Waals surface area contributed by atoms with Crippen LogP contribution in [-0.4, -0.2) is 19.6 Å². The fourth-order valence-electron chi connectivity index (χ4n) is 2.62. The van der Waals surface area contributed by atoms with E-state index in [-0.39, 0.29) is 5.91 Å². The number of methoxy groups -OCH3 is 1. The van der Waals surface area contributed by atoms with Crippen molar-refractivity contribution in [1.29, 1.82) is 0 Å². The Morgan fingerprint density at radius 2 is 1.79 bits per heavy atom. The molecule has 24 heavy (non-hydrogen) atoms. The lowest BCUT2D eigenvalue weighted by molar-refractivity contribution is 0.102. The van der Waals surface area contributed by atoms with E-state index in [0.717, 1.165) is 16.5 Å². The highest BCUT2D eigenvalue weighted by atomic mass is 16.5. The van der Waals surface area contributed by atoms with Crippen LogP contribution < -0.4 is 14.8 Å². The molecule has 0 spiro atoms. The van der Waals surface area contributed by atoms with Crippen LogP contribution >= 0.6 is 0 Å². The Labute approximate surface area is 141 Å². The number of carbonyl (C=O) groups is 1. The summed E-state index contributed by atoms with van der Waals surface area (Å²) in [5.41, 5.74) is 1.30. The maximum Gasteiger partial charge on any atom is 0.255 e. The molecule has 0 unspecified atom stereocenters. The van der Waals surface area contributed by atoms with Gasteiger partial charge in [-0.1, -0.05) is 36.4 Å². The van der Waals surface area contributed by atoms with Crippen LogP contribution in [-0.2, 0) is 0 Å². The summed E-state index contributed by atoms with van der Waals surface area (Å²) in [7, 11) is 1.58. The quantitative estimate of drug-likeness (QED) is 0.752. The monoisotopic (exact) mass is 321 g/mol. The molecule has 0 atom stereocenters. The second kappa shape index (κ2) is 7.04. The normalized spacial score (nSPS) is 10.4. The molecule has 1 N–H and O–H groups in total. The van der Waals surface area contributed by atoms with Gasteiger partial charge in [0.2, 0.25) is 0 Å². The molecule has 0 radical (unpaired) electrons. The van der Waals surface area contributed by atoms with E-state index < -0.39 is 0 Å². The van der Waals surface area contributed by atoms with E-state index >= 15 is 0 Å². The molecule has 3 aromatic rings. The lowest BCUT2D eigenvalue weighted by atomic mass is 10.1. The molecular weight excluding hydrogens is 302 g/mol. The first-order valence-corrected chi connectivity index (χ1v) is 7.83. The molecule has 3 rings (SSSR count). The van der Waals surface area contributed by atoms with Crippen LogP contribution in [0.4, 0.5) is 5.69 Å². The first-order chi connectivity index (χ1) is 11.7. The van der Waals surface area contributed by atoms with Crippen molar-refractivity contribution < 1.29 is 14.3 Å². The van der Waals surface area contributed by atoms with Gasteiger partial charge in [-0.05, 0) is 36.6 Å². The number of ether oxygens (including phenoxy) is 2. The minimum absolute atomic E-state index is 0.185. The third kappa shape index (κ3) is 3.18. The summed E-state index contributed by atoms with van der Waals surface area (Å²) in [4.78, 5) is 12.6. The number of nitrogens with one attached hydrogen (secondary N) is 1. The van der Waals surface area contributed by atoms with Gasteiger partial charge in [0.25, 0.3) is 5.91 Å². The van der Waals surface area contributed by atoms with Gasteiger partial charge in [-0.2, -0.15) is 0 Å². The minimum atomic E-state index is -0.185. The van der Waals surface area contributed by atoms with Crippen molar-refractivity contribution in [3.05, 3.63) is 66.2 Å². The van der Waals surface area contributed by atoms with E-state index in [2.05, 4.69) is 5.32 Å². The molecule has 122 valence electrons. The number of benzene rings is 3. The zero-order chi connectivity index (χ0) is 16.9. The van der Waals surface area contributed by atoms with Gasteiger partial charge < -0.3 is 14.8 Å². The second-order valence-electron chi connectivity index (χ2n) is 5.28. The van der Waals surface area contributed by atoms with E-state index in [9.17, 15) is 4.79 Å². The second-order valence-corrected chi connectivity index (χ2v) is 5.28. The number of rotatable bonds is 5. The standard InChI is InChI=1S/C20H19NO3/c1-3-24-19-13-15(11-12-18(19)23-2)20(22)21-17-10-6-8-14-7-4-5-9-16(14)17/h4-13H,3H2,1-2H3,(H,21,22).